The molecule has 1 saturated heterocycles. The first-order valence-electron chi connectivity index (χ1n) is 6.61. The van der Waals surface area contributed by atoms with Crippen molar-refractivity contribution in [3.8, 4) is 0 Å². The minimum atomic E-state index is 0.810. The molecule has 1 unspecified atom stereocenters. The van der Waals surface area contributed by atoms with Gasteiger partial charge in [-0.3, -0.25) is 0 Å². The lowest BCUT2D eigenvalue weighted by atomic mass is 10.1. The predicted molar refractivity (Wildman–Crippen MR) is 67.2 cm³/mol. The molecule has 0 amide bonds. The fourth-order valence-corrected chi connectivity index (χ4v) is 2.30. The molecule has 1 aliphatic heterocycles. The highest BCUT2D eigenvalue weighted by Gasteiger charge is 2.12. The number of hydrogen-bond donors (Lipinski definition) is 1. The predicted octanol–water partition coefficient (Wildman–Crippen LogP) is 2.35. The van der Waals surface area contributed by atoms with Crippen LogP contribution >= 0.6 is 0 Å². The highest BCUT2D eigenvalue weighted by atomic mass is 15.1. The Bertz CT molecular complexity index is 157. The van der Waals surface area contributed by atoms with Crippen LogP contribution in [-0.4, -0.2) is 37.6 Å². The molecule has 1 aliphatic rings. The first-order chi connectivity index (χ1) is 7.18. The Balaban J connectivity index is 2.18. The molecule has 1 N–H and O–H groups in total. The van der Waals surface area contributed by atoms with Crippen molar-refractivity contribution >= 4 is 0 Å². The van der Waals surface area contributed by atoms with E-state index in [1.54, 1.807) is 0 Å². The van der Waals surface area contributed by atoms with Crippen molar-refractivity contribution in [2.45, 2.75) is 40.0 Å². The highest BCUT2D eigenvalue weighted by Crippen LogP contribution is 2.08. The van der Waals surface area contributed by atoms with E-state index in [4.69, 9.17) is 0 Å². The van der Waals surface area contributed by atoms with Crippen LogP contribution in [0.4, 0.5) is 0 Å². The van der Waals surface area contributed by atoms with Crippen molar-refractivity contribution < 1.29 is 0 Å². The van der Waals surface area contributed by atoms with Crippen LogP contribution in [0.2, 0.25) is 0 Å². The Morgan fingerprint density at radius 3 is 2.93 bits per heavy atom. The van der Waals surface area contributed by atoms with Gasteiger partial charge >= 0.3 is 0 Å². The molecular weight excluding hydrogens is 184 g/mol. The smallest absolute Gasteiger partial charge is 0.00191 e. The lowest BCUT2D eigenvalue weighted by Gasteiger charge is -2.28. The van der Waals surface area contributed by atoms with Crippen molar-refractivity contribution in [3.05, 3.63) is 0 Å². The highest BCUT2D eigenvalue weighted by molar-refractivity contribution is 4.69. The van der Waals surface area contributed by atoms with E-state index < -0.39 is 0 Å². The van der Waals surface area contributed by atoms with E-state index in [2.05, 4.69) is 31.0 Å². The monoisotopic (exact) mass is 212 g/mol. The van der Waals surface area contributed by atoms with Gasteiger partial charge in [0.1, 0.15) is 0 Å². The standard InChI is InChI=1S/C13H28N2/c1-12(2)6-4-8-15-9-5-7-14-10-13(3)11-15/h12-14H,4-11H2,1-3H3. The van der Waals surface area contributed by atoms with Crippen LogP contribution in [0.1, 0.15) is 40.0 Å². The first-order valence-corrected chi connectivity index (χ1v) is 6.61. The van der Waals surface area contributed by atoms with Gasteiger partial charge in [-0.15, -0.1) is 0 Å². The molecule has 1 heterocycles. The lowest BCUT2D eigenvalue weighted by molar-refractivity contribution is 0.210. The third kappa shape index (κ3) is 6.16. The first kappa shape index (κ1) is 13.0. The van der Waals surface area contributed by atoms with E-state index >= 15 is 0 Å². The van der Waals surface area contributed by atoms with Gasteiger partial charge in [0, 0.05) is 6.54 Å². The number of nitrogens with zero attached hydrogens (tertiary/aromatic N) is 1. The van der Waals surface area contributed by atoms with Gasteiger partial charge in [0.25, 0.3) is 0 Å². The van der Waals surface area contributed by atoms with Crippen molar-refractivity contribution in [3.63, 3.8) is 0 Å². The number of rotatable bonds is 4. The SMILES string of the molecule is CC(C)CCCN1CCCNCC(C)C1. The summed E-state index contributed by atoms with van der Waals surface area (Å²) in [5.41, 5.74) is 0. The Hall–Kier alpha value is -0.0800. The second-order valence-electron chi connectivity index (χ2n) is 5.50. The summed E-state index contributed by atoms with van der Waals surface area (Å²) < 4.78 is 0. The molecule has 0 radical (unpaired) electrons. The molecule has 0 saturated carbocycles. The van der Waals surface area contributed by atoms with E-state index in [0.717, 1.165) is 11.8 Å². The van der Waals surface area contributed by atoms with Crippen molar-refractivity contribution in [1.29, 1.82) is 0 Å². The lowest BCUT2D eigenvalue weighted by Crippen LogP contribution is -2.39. The molecular formula is C13H28N2. The van der Waals surface area contributed by atoms with Crippen LogP contribution < -0.4 is 5.32 Å². The largest absolute Gasteiger partial charge is 0.316 e. The van der Waals surface area contributed by atoms with Crippen molar-refractivity contribution in [2.75, 3.05) is 32.7 Å². The summed E-state index contributed by atoms with van der Waals surface area (Å²) >= 11 is 0. The van der Waals surface area contributed by atoms with Crippen LogP contribution in [0, 0.1) is 11.8 Å². The average molecular weight is 212 g/mol. The zero-order chi connectivity index (χ0) is 11.1. The zero-order valence-corrected chi connectivity index (χ0v) is 10.8. The minimum Gasteiger partial charge on any atom is -0.316 e. The molecule has 1 rings (SSSR count). The molecule has 2 heteroatoms. The summed E-state index contributed by atoms with van der Waals surface area (Å²) in [7, 11) is 0. The van der Waals surface area contributed by atoms with Gasteiger partial charge in [0.15, 0.2) is 0 Å². The molecule has 0 aromatic heterocycles. The molecule has 0 spiro atoms. The minimum absolute atomic E-state index is 0.810. The van der Waals surface area contributed by atoms with E-state index in [-0.39, 0.29) is 0 Å². The molecule has 0 aromatic carbocycles. The van der Waals surface area contributed by atoms with Crippen LogP contribution in [0.25, 0.3) is 0 Å². The van der Waals surface area contributed by atoms with Gasteiger partial charge in [-0.25, -0.2) is 0 Å². The molecule has 0 aliphatic carbocycles. The van der Waals surface area contributed by atoms with Gasteiger partial charge in [-0.05, 0) is 57.3 Å². The molecule has 0 bridgehead atoms. The molecule has 1 fully saturated rings. The molecule has 0 aromatic rings. The van der Waals surface area contributed by atoms with Gasteiger partial charge in [0.2, 0.25) is 0 Å². The van der Waals surface area contributed by atoms with Gasteiger partial charge < -0.3 is 10.2 Å². The van der Waals surface area contributed by atoms with E-state index in [9.17, 15) is 0 Å². The van der Waals surface area contributed by atoms with Gasteiger partial charge in [-0.2, -0.15) is 0 Å². The fraction of sp³-hybridized carbons (Fsp3) is 1.00. The summed E-state index contributed by atoms with van der Waals surface area (Å²) in [6.07, 6.45) is 4.06. The quantitative estimate of drug-likeness (QED) is 0.769. The van der Waals surface area contributed by atoms with Crippen LogP contribution in [0.5, 0.6) is 0 Å². The number of nitrogens with one attached hydrogen (secondary N) is 1. The Morgan fingerprint density at radius 2 is 2.20 bits per heavy atom. The molecule has 90 valence electrons. The fourth-order valence-electron chi connectivity index (χ4n) is 2.30. The summed E-state index contributed by atoms with van der Waals surface area (Å²) in [4.78, 5) is 2.66. The molecule has 15 heavy (non-hydrogen) atoms. The number of hydrogen-bond acceptors (Lipinski definition) is 2. The van der Waals surface area contributed by atoms with E-state index in [1.165, 1.54) is 52.0 Å². The normalized spacial score (nSPS) is 25.2. The molecule has 1 atom stereocenters. The zero-order valence-electron chi connectivity index (χ0n) is 10.8. The summed E-state index contributed by atoms with van der Waals surface area (Å²) in [6.45, 7) is 13.3. The topological polar surface area (TPSA) is 15.3 Å². The summed E-state index contributed by atoms with van der Waals surface area (Å²) in [5.74, 6) is 1.67. The van der Waals surface area contributed by atoms with E-state index in [1.807, 2.05) is 0 Å². The second kappa shape index (κ2) is 7.24. The third-order valence-corrected chi connectivity index (χ3v) is 3.15. The van der Waals surface area contributed by atoms with Gasteiger partial charge in [-0.1, -0.05) is 20.8 Å². The third-order valence-electron chi connectivity index (χ3n) is 3.15. The Morgan fingerprint density at radius 1 is 1.40 bits per heavy atom. The van der Waals surface area contributed by atoms with Crippen molar-refractivity contribution in [1.82, 2.24) is 10.2 Å². The van der Waals surface area contributed by atoms with Crippen LogP contribution in [-0.2, 0) is 0 Å². The Labute approximate surface area is 95.4 Å². The summed E-state index contributed by atoms with van der Waals surface area (Å²) in [5, 5.41) is 3.51. The maximum Gasteiger partial charge on any atom is 0.00191 e. The second-order valence-corrected chi connectivity index (χ2v) is 5.50. The van der Waals surface area contributed by atoms with Crippen LogP contribution in [0.3, 0.4) is 0 Å². The summed E-state index contributed by atoms with van der Waals surface area (Å²) in [6, 6.07) is 0. The average Bonchev–Trinajstić information content (AvgIpc) is 2.12. The van der Waals surface area contributed by atoms with Crippen LogP contribution in [0.15, 0.2) is 0 Å². The Kier molecular flexibility index (Phi) is 6.26. The van der Waals surface area contributed by atoms with Gasteiger partial charge in [0.05, 0.1) is 0 Å². The maximum absolute atomic E-state index is 3.51. The maximum atomic E-state index is 3.51. The van der Waals surface area contributed by atoms with E-state index in [0.29, 0.717) is 0 Å². The molecule has 2 nitrogen and oxygen atoms in total. The van der Waals surface area contributed by atoms with Crippen molar-refractivity contribution in [2.24, 2.45) is 11.8 Å².